The van der Waals surface area contributed by atoms with Gasteiger partial charge in [0.05, 0.1) is 10.0 Å². The number of benzene rings is 2. The Hall–Kier alpha value is -1.16. The molecule has 0 bridgehead atoms. The van der Waals surface area contributed by atoms with E-state index >= 15 is 0 Å². The Labute approximate surface area is 126 Å². The Morgan fingerprint density at radius 2 is 1.70 bits per heavy atom. The minimum atomic E-state index is -0.469. The summed E-state index contributed by atoms with van der Waals surface area (Å²) < 4.78 is 26.6. The molecule has 0 aromatic heterocycles. The first-order valence-electron chi connectivity index (χ1n) is 6.09. The molecule has 5 heteroatoms. The van der Waals surface area contributed by atoms with Crippen LogP contribution in [0.25, 0.3) is 0 Å². The van der Waals surface area contributed by atoms with Crippen LogP contribution in [0.2, 0.25) is 10.0 Å². The van der Waals surface area contributed by atoms with Crippen molar-refractivity contribution in [3.8, 4) is 0 Å². The quantitative estimate of drug-likeness (QED) is 0.890. The summed E-state index contributed by atoms with van der Waals surface area (Å²) in [7, 11) is 0. The number of nitrogens with two attached hydrogens (primary N) is 1. The summed E-state index contributed by atoms with van der Waals surface area (Å²) in [5.41, 5.74) is 7.16. The highest BCUT2D eigenvalue weighted by Gasteiger charge is 2.11. The van der Waals surface area contributed by atoms with Crippen molar-refractivity contribution < 1.29 is 8.78 Å². The summed E-state index contributed by atoms with van der Waals surface area (Å²) in [5, 5.41) is 0.925. The Bertz CT molecular complexity index is 617. The number of rotatable bonds is 4. The molecule has 2 N–H and O–H groups in total. The lowest BCUT2D eigenvalue weighted by molar-refractivity contribution is 0.566. The highest BCUT2D eigenvalue weighted by atomic mass is 35.5. The fraction of sp³-hybridized carbons (Fsp3) is 0.200. The molecule has 2 aromatic carbocycles. The van der Waals surface area contributed by atoms with Crippen molar-refractivity contribution in [2.24, 2.45) is 5.73 Å². The number of halogens is 4. The van der Waals surface area contributed by atoms with Gasteiger partial charge in [0.15, 0.2) is 0 Å². The first-order valence-corrected chi connectivity index (χ1v) is 6.84. The topological polar surface area (TPSA) is 26.0 Å². The lowest BCUT2D eigenvalue weighted by atomic mass is 9.99. The molecule has 1 unspecified atom stereocenters. The van der Waals surface area contributed by atoms with E-state index in [0.29, 0.717) is 16.5 Å². The largest absolute Gasteiger partial charge is 0.327 e. The average molecular weight is 316 g/mol. The number of hydrogen-bond donors (Lipinski definition) is 1. The molecule has 20 heavy (non-hydrogen) atoms. The maximum Gasteiger partial charge on any atom is 0.126 e. The molecule has 1 atom stereocenters. The predicted octanol–water partition coefficient (Wildman–Crippen LogP) is 4.38. The summed E-state index contributed by atoms with van der Waals surface area (Å²) in [4.78, 5) is 0. The maximum atomic E-state index is 13.5. The SMILES string of the molecule is NC(Cc1ccc(Cl)c(Cl)c1)Cc1cc(F)ccc1F. The van der Waals surface area contributed by atoms with Crippen LogP contribution in [0.15, 0.2) is 36.4 Å². The lowest BCUT2D eigenvalue weighted by Gasteiger charge is -2.13. The van der Waals surface area contributed by atoms with Gasteiger partial charge < -0.3 is 5.73 Å². The van der Waals surface area contributed by atoms with Crippen molar-refractivity contribution in [1.82, 2.24) is 0 Å². The van der Waals surface area contributed by atoms with Crippen molar-refractivity contribution in [3.63, 3.8) is 0 Å². The van der Waals surface area contributed by atoms with Crippen LogP contribution in [-0.2, 0) is 12.8 Å². The number of hydrogen-bond acceptors (Lipinski definition) is 1. The van der Waals surface area contributed by atoms with E-state index < -0.39 is 11.6 Å². The molecule has 0 saturated carbocycles. The monoisotopic (exact) mass is 315 g/mol. The van der Waals surface area contributed by atoms with Crippen molar-refractivity contribution >= 4 is 23.2 Å². The zero-order chi connectivity index (χ0) is 14.7. The predicted molar refractivity (Wildman–Crippen MR) is 78.2 cm³/mol. The molecular weight excluding hydrogens is 303 g/mol. The van der Waals surface area contributed by atoms with Crippen molar-refractivity contribution in [1.29, 1.82) is 0 Å². The molecule has 0 saturated heterocycles. The maximum absolute atomic E-state index is 13.5. The third-order valence-corrected chi connectivity index (χ3v) is 3.71. The van der Waals surface area contributed by atoms with Crippen molar-refractivity contribution in [2.45, 2.75) is 18.9 Å². The zero-order valence-corrected chi connectivity index (χ0v) is 12.1. The van der Waals surface area contributed by atoms with Crippen LogP contribution in [0.4, 0.5) is 8.78 Å². The molecule has 0 heterocycles. The molecule has 0 fully saturated rings. The molecule has 0 radical (unpaired) electrons. The molecule has 106 valence electrons. The Balaban J connectivity index is 2.06. The molecule has 2 rings (SSSR count). The minimum absolute atomic E-state index is 0.254. The van der Waals surface area contributed by atoms with Crippen LogP contribution >= 0.6 is 23.2 Å². The van der Waals surface area contributed by atoms with E-state index in [1.54, 1.807) is 12.1 Å². The Kier molecular flexibility index (Phi) is 4.97. The molecular formula is C15H13Cl2F2N. The lowest BCUT2D eigenvalue weighted by Crippen LogP contribution is -2.26. The van der Waals surface area contributed by atoms with Gasteiger partial charge in [0.2, 0.25) is 0 Å². The summed E-state index contributed by atoms with van der Waals surface area (Å²) in [5.74, 6) is -0.917. The van der Waals surface area contributed by atoms with Crippen LogP contribution in [0, 0.1) is 11.6 Å². The van der Waals surface area contributed by atoms with Crippen LogP contribution in [0.5, 0.6) is 0 Å². The van der Waals surface area contributed by atoms with E-state index in [1.165, 1.54) is 6.07 Å². The van der Waals surface area contributed by atoms with Crippen molar-refractivity contribution in [2.75, 3.05) is 0 Å². The third kappa shape index (κ3) is 3.92. The zero-order valence-electron chi connectivity index (χ0n) is 10.5. The normalized spacial score (nSPS) is 12.4. The van der Waals surface area contributed by atoms with E-state index in [2.05, 4.69) is 0 Å². The Morgan fingerprint density at radius 1 is 0.950 bits per heavy atom. The van der Waals surface area contributed by atoms with Crippen LogP contribution < -0.4 is 5.73 Å². The van der Waals surface area contributed by atoms with E-state index in [1.807, 2.05) is 6.07 Å². The van der Waals surface area contributed by atoms with Gasteiger partial charge in [-0.3, -0.25) is 0 Å². The highest BCUT2D eigenvalue weighted by molar-refractivity contribution is 6.42. The van der Waals surface area contributed by atoms with Gasteiger partial charge in [0, 0.05) is 6.04 Å². The molecule has 0 aliphatic rings. The van der Waals surface area contributed by atoms with Gasteiger partial charge in [0.1, 0.15) is 11.6 Å². The molecule has 0 aliphatic heterocycles. The second kappa shape index (κ2) is 6.53. The van der Waals surface area contributed by atoms with Gasteiger partial charge >= 0.3 is 0 Å². The van der Waals surface area contributed by atoms with Gasteiger partial charge in [-0.25, -0.2) is 8.78 Å². The summed E-state index contributed by atoms with van der Waals surface area (Å²) in [6.45, 7) is 0. The molecule has 1 nitrogen and oxygen atoms in total. The smallest absolute Gasteiger partial charge is 0.126 e. The van der Waals surface area contributed by atoms with Gasteiger partial charge in [-0.1, -0.05) is 29.3 Å². The summed E-state index contributed by atoms with van der Waals surface area (Å²) >= 11 is 11.8. The standard InChI is InChI=1S/C15H13Cl2F2N/c16-13-3-1-9(6-14(13)17)5-12(20)8-10-7-11(18)2-4-15(10)19/h1-4,6-7,12H,5,8,20H2. The first kappa shape index (κ1) is 15.2. The van der Waals surface area contributed by atoms with Gasteiger partial charge in [-0.05, 0) is 54.3 Å². The molecule has 0 amide bonds. The van der Waals surface area contributed by atoms with Gasteiger partial charge in [-0.2, -0.15) is 0 Å². The van der Waals surface area contributed by atoms with Gasteiger partial charge in [0.25, 0.3) is 0 Å². The van der Waals surface area contributed by atoms with Crippen LogP contribution in [0.1, 0.15) is 11.1 Å². The second-order valence-corrected chi connectivity index (χ2v) is 5.47. The fourth-order valence-corrected chi connectivity index (χ4v) is 2.34. The fourth-order valence-electron chi connectivity index (χ4n) is 2.02. The summed E-state index contributed by atoms with van der Waals surface area (Å²) in [6.07, 6.45) is 0.761. The van der Waals surface area contributed by atoms with Crippen LogP contribution in [0.3, 0.4) is 0 Å². The van der Waals surface area contributed by atoms with Crippen molar-refractivity contribution in [3.05, 3.63) is 69.2 Å². The van der Waals surface area contributed by atoms with Gasteiger partial charge in [-0.15, -0.1) is 0 Å². The average Bonchev–Trinajstić information content (AvgIpc) is 2.38. The Morgan fingerprint density at radius 3 is 2.40 bits per heavy atom. The van der Waals surface area contributed by atoms with E-state index in [9.17, 15) is 8.78 Å². The van der Waals surface area contributed by atoms with Crippen LogP contribution in [-0.4, -0.2) is 6.04 Å². The summed E-state index contributed by atoms with van der Waals surface area (Å²) in [6, 6.07) is 8.27. The van der Waals surface area contributed by atoms with E-state index in [0.717, 1.165) is 17.7 Å². The van der Waals surface area contributed by atoms with E-state index in [-0.39, 0.29) is 18.0 Å². The highest BCUT2D eigenvalue weighted by Crippen LogP contribution is 2.23. The first-order chi connectivity index (χ1) is 9.45. The third-order valence-electron chi connectivity index (χ3n) is 2.97. The molecule has 0 aliphatic carbocycles. The molecule has 2 aromatic rings. The van der Waals surface area contributed by atoms with E-state index in [4.69, 9.17) is 28.9 Å². The second-order valence-electron chi connectivity index (χ2n) is 4.65. The minimum Gasteiger partial charge on any atom is -0.327 e. The molecule has 0 spiro atoms.